The number of carbonyl (C=O) groups is 2. The summed E-state index contributed by atoms with van der Waals surface area (Å²) in [6, 6.07) is 0. The first-order valence-corrected chi connectivity index (χ1v) is 3.15. The highest BCUT2D eigenvalue weighted by Crippen LogP contribution is 2.21. The van der Waals surface area contributed by atoms with Crippen molar-refractivity contribution < 1.29 is 24.5 Å². The summed E-state index contributed by atoms with van der Waals surface area (Å²) in [6.45, 7) is 1.45. The van der Waals surface area contributed by atoms with E-state index in [9.17, 15) is 9.59 Å². The van der Waals surface area contributed by atoms with Crippen molar-refractivity contribution >= 4 is 11.9 Å². The molecule has 0 aromatic rings. The summed E-state index contributed by atoms with van der Waals surface area (Å²) in [5.74, 6) is -2.74. The minimum absolute atomic E-state index is 0.667. The Morgan fingerprint density at radius 1 is 1.64 bits per heavy atom. The van der Waals surface area contributed by atoms with E-state index < -0.39 is 30.1 Å². The third-order valence-corrected chi connectivity index (χ3v) is 1.70. The maximum absolute atomic E-state index is 10.6. The van der Waals surface area contributed by atoms with E-state index in [0.29, 0.717) is 0 Å². The second-order valence-corrected chi connectivity index (χ2v) is 2.50. The summed E-state index contributed by atoms with van der Waals surface area (Å²) in [5.41, 5.74) is 0. The fourth-order valence-corrected chi connectivity index (χ4v) is 0.958. The third-order valence-electron chi connectivity index (χ3n) is 1.70. The van der Waals surface area contributed by atoms with Gasteiger partial charge in [-0.05, 0) is 0 Å². The van der Waals surface area contributed by atoms with Gasteiger partial charge in [0.2, 0.25) is 6.10 Å². The van der Waals surface area contributed by atoms with Crippen LogP contribution in [0.1, 0.15) is 6.92 Å². The van der Waals surface area contributed by atoms with Crippen molar-refractivity contribution in [3.05, 3.63) is 0 Å². The Bertz CT molecular complexity index is 199. The molecule has 3 unspecified atom stereocenters. The number of hydrogen-bond acceptors (Lipinski definition) is 4. The number of carbonyl (C=O) groups excluding carboxylic acids is 1. The molecule has 1 rings (SSSR count). The summed E-state index contributed by atoms with van der Waals surface area (Å²) < 4.78 is 4.36. The summed E-state index contributed by atoms with van der Waals surface area (Å²) in [5, 5.41) is 17.4. The summed E-state index contributed by atoms with van der Waals surface area (Å²) >= 11 is 0. The number of cyclic esters (lactones) is 1. The van der Waals surface area contributed by atoms with Crippen molar-refractivity contribution in [2.45, 2.75) is 19.1 Å². The average molecular weight is 160 g/mol. The second-order valence-electron chi connectivity index (χ2n) is 2.50. The highest BCUT2D eigenvalue weighted by Gasteiger charge is 2.44. The fraction of sp³-hybridized carbons (Fsp3) is 0.667. The summed E-state index contributed by atoms with van der Waals surface area (Å²) in [7, 11) is 0. The maximum Gasteiger partial charge on any atom is 0.345 e. The van der Waals surface area contributed by atoms with Gasteiger partial charge in [0, 0.05) is 5.92 Å². The molecule has 1 saturated heterocycles. The normalized spacial score (nSPS) is 36.9. The van der Waals surface area contributed by atoms with Crippen molar-refractivity contribution in [3.8, 4) is 0 Å². The molecular formula is C6H8O5. The van der Waals surface area contributed by atoms with Gasteiger partial charge >= 0.3 is 11.9 Å². The van der Waals surface area contributed by atoms with Gasteiger partial charge in [-0.25, -0.2) is 9.59 Å². The number of esters is 1. The molecule has 1 aliphatic rings. The molecule has 0 aromatic carbocycles. The number of ether oxygens (including phenoxy) is 1. The molecule has 0 radical (unpaired) electrons. The zero-order valence-electron chi connectivity index (χ0n) is 5.85. The van der Waals surface area contributed by atoms with Gasteiger partial charge in [-0.3, -0.25) is 0 Å². The first kappa shape index (κ1) is 8.00. The van der Waals surface area contributed by atoms with Crippen LogP contribution in [-0.2, 0) is 14.3 Å². The molecule has 62 valence electrons. The van der Waals surface area contributed by atoms with Gasteiger partial charge in [0.15, 0.2) is 6.10 Å². The van der Waals surface area contributed by atoms with Gasteiger partial charge in [-0.15, -0.1) is 0 Å². The SMILES string of the molecule is CC1C(O)C(=O)OC1C(=O)O. The molecule has 0 spiro atoms. The number of rotatable bonds is 1. The Kier molecular flexibility index (Phi) is 1.82. The fourth-order valence-electron chi connectivity index (χ4n) is 0.958. The van der Waals surface area contributed by atoms with Crippen LogP contribution >= 0.6 is 0 Å². The van der Waals surface area contributed by atoms with Crippen LogP contribution in [0.5, 0.6) is 0 Å². The van der Waals surface area contributed by atoms with Gasteiger partial charge < -0.3 is 14.9 Å². The minimum atomic E-state index is -1.30. The van der Waals surface area contributed by atoms with E-state index in [2.05, 4.69) is 4.74 Å². The molecule has 0 amide bonds. The highest BCUT2D eigenvalue weighted by molar-refractivity contribution is 5.85. The molecule has 1 fully saturated rings. The lowest BCUT2D eigenvalue weighted by atomic mass is 10.0. The number of aliphatic hydroxyl groups is 1. The Morgan fingerprint density at radius 2 is 2.18 bits per heavy atom. The zero-order chi connectivity index (χ0) is 8.59. The highest BCUT2D eigenvalue weighted by atomic mass is 16.6. The van der Waals surface area contributed by atoms with Crippen LogP contribution in [0.25, 0.3) is 0 Å². The molecule has 2 N–H and O–H groups in total. The van der Waals surface area contributed by atoms with Crippen molar-refractivity contribution in [2.75, 3.05) is 0 Å². The monoisotopic (exact) mass is 160 g/mol. The Morgan fingerprint density at radius 3 is 2.36 bits per heavy atom. The van der Waals surface area contributed by atoms with Crippen molar-refractivity contribution in [2.24, 2.45) is 5.92 Å². The molecule has 0 aromatic heterocycles. The molecule has 3 atom stereocenters. The number of carboxylic acid groups (broad SMARTS) is 1. The maximum atomic E-state index is 10.6. The first-order valence-electron chi connectivity index (χ1n) is 3.15. The summed E-state index contributed by atoms with van der Waals surface area (Å²) in [6.07, 6.45) is -2.49. The molecule has 5 heteroatoms. The Labute approximate surface area is 62.6 Å². The van der Waals surface area contributed by atoms with Crippen molar-refractivity contribution in [1.29, 1.82) is 0 Å². The lowest BCUT2D eigenvalue weighted by molar-refractivity contribution is -0.159. The number of carboxylic acids is 1. The van der Waals surface area contributed by atoms with E-state index in [1.54, 1.807) is 0 Å². The molecule has 0 bridgehead atoms. The summed E-state index contributed by atoms with van der Waals surface area (Å²) in [4.78, 5) is 20.9. The third kappa shape index (κ3) is 1.19. The van der Waals surface area contributed by atoms with Gasteiger partial charge in [-0.2, -0.15) is 0 Å². The lowest BCUT2D eigenvalue weighted by Gasteiger charge is -2.07. The van der Waals surface area contributed by atoms with E-state index in [1.807, 2.05) is 0 Å². The van der Waals surface area contributed by atoms with Crippen LogP contribution in [0.4, 0.5) is 0 Å². The minimum Gasteiger partial charge on any atom is -0.478 e. The van der Waals surface area contributed by atoms with Crippen LogP contribution in [-0.4, -0.2) is 34.4 Å². The van der Waals surface area contributed by atoms with Gasteiger partial charge in [0.05, 0.1) is 0 Å². The zero-order valence-corrected chi connectivity index (χ0v) is 5.85. The molecular weight excluding hydrogens is 152 g/mol. The number of aliphatic hydroxyl groups excluding tert-OH is 1. The largest absolute Gasteiger partial charge is 0.478 e. The van der Waals surface area contributed by atoms with Crippen LogP contribution < -0.4 is 0 Å². The second kappa shape index (κ2) is 2.50. The van der Waals surface area contributed by atoms with E-state index in [0.717, 1.165) is 0 Å². The smallest absolute Gasteiger partial charge is 0.345 e. The first-order chi connectivity index (χ1) is 5.04. The quantitative estimate of drug-likeness (QED) is 0.480. The van der Waals surface area contributed by atoms with Crippen molar-refractivity contribution in [3.63, 3.8) is 0 Å². The standard InChI is InChI=1S/C6H8O5/c1-2-3(7)6(10)11-4(2)5(8)9/h2-4,7H,1H3,(H,8,9). The molecule has 0 aliphatic carbocycles. The van der Waals surface area contributed by atoms with E-state index in [4.69, 9.17) is 10.2 Å². The predicted molar refractivity (Wildman–Crippen MR) is 32.7 cm³/mol. The van der Waals surface area contributed by atoms with Gasteiger partial charge in [-0.1, -0.05) is 6.92 Å². The molecule has 1 aliphatic heterocycles. The molecule has 1 heterocycles. The van der Waals surface area contributed by atoms with Crippen LogP contribution in [0, 0.1) is 5.92 Å². The van der Waals surface area contributed by atoms with Gasteiger partial charge in [0.1, 0.15) is 0 Å². The van der Waals surface area contributed by atoms with E-state index in [-0.39, 0.29) is 0 Å². The Balaban J connectivity index is 2.74. The van der Waals surface area contributed by atoms with Crippen LogP contribution in [0.15, 0.2) is 0 Å². The van der Waals surface area contributed by atoms with Crippen molar-refractivity contribution in [1.82, 2.24) is 0 Å². The molecule has 0 saturated carbocycles. The van der Waals surface area contributed by atoms with Gasteiger partial charge in [0.25, 0.3) is 0 Å². The van der Waals surface area contributed by atoms with E-state index in [1.165, 1.54) is 6.92 Å². The average Bonchev–Trinajstić information content (AvgIpc) is 2.17. The molecule has 11 heavy (non-hydrogen) atoms. The number of aliphatic carboxylic acids is 1. The molecule has 5 nitrogen and oxygen atoms in total. The topological polar surface area (TPSA) is 83.8 Å². The van der Waals surface area contributed by atoms with Crippen LogP contribution in [0.3, 0.4) is 0 Å². The van der Waals surface area contributed by atoms with Crippen LogP contribution in [0.2, 0.25) is 0 Å². The number of hydrogen-bond donors (Lipinski definition) is 2. The van der Waals surface area contributed by atoms with E-state index >= 15 is 0 Å². The Hall–Kier alpha value is -1.10. The predicted octanol–water partition coefficient (Wildman–Crippen LogP) is -1.01. The lowest BCUT2D eigenvalue weighted by Crippen LogP contribution is -2.28.